The Morgan fingerprint density at radius 2 is 1.86 bits per heavy atom. The Labute approximate surface area is 130 Å². The van der Waals surface area contributed by atoms with Crippen LogP contribution in [0.4, 0.5) is 5.69 Å². The van der Waals surface area contributed by atoms with Crippen molar-refractivity contribution >= 4 is 20.3 Å². The second kappa shape index (κ2) is 6.75. The van der Waals surface area contributed by atoms with E-state index in [1.54, 1.807) is 0 Å². The molecule has 1 rings (SSSR count). The molecule has 0 heterocycles. The smallest absolute Gasteiger partial charge is 0.191 e. The largest absolute Gasteiger partial charge is 0.416 e. The molecule has 0 saturated heterocycles. The third-order valence-electron chi connectivity index (χ3n) is 4.36. The first-order valence-corrected chi connectivity index (χ1v) is 10.4. The van der Waals surface area contributed by atoms with E-state index in [9.17, 15) is 4.79 Å². The van der Waals surface area contributed by atoms with Crippen LogP contribution >= 0.6 is 0 Å². The van der Waals surface area contributed by atoms with Gasteiger partial charge in [0.05, 0.1) is 0 Å². The van der Waals surface area contributed by atoms with Gasteiger partial charge in [-0.15, -0.1) is 0 Å². The van der Waals surface area contributed by atoms with Gasteiger partial charge < -0.3 is 9.33 Å². The molecule has 0 atom stereocenters. The van der Waals surface area contributed by atoms with Crippen LogP contribution in [-0.2, 0) is 10.8 Å². The van der Waals surface area contributed by atoms with Gasteiger partial charge in [-0.2, -0.15) is 0 Å². The SMILES string of the molecule is CN(C)c1ccc(C=O)cc1CCO[Si](C)(C)C(C)(C)C. The molecule has 0 radical (unpaired) electrons. The monoisotopic (exact) mass is 307 g/mol. The highest BCUT2D eigenvalue weighted by molar-refractivity contribution is 6.74. The van der Waals surface area contributed by atoms with Crippen LogP contribution in [0.3, 0.4) is 0 Å². The van der Waals surface area contributed by atoms with E-state index in [0.29, 0.717) is 6.61 Å². The van der Waals surface area contributed by atoms with Crippen LogP contribution in [0.15, 0.2) is 18.2 Å². The predicted octanol–water partition coefficient (Wildman–Crippen LogP) is 4.13. The molecule has 1 aromatic rings. The summed E-state index contributed by atoms with van der Waals surface area (Å²) in [6.07, 6.45) is 1.74. The highest BCUT2D eigenvalue weighted by Crippen LogP contribution is 2.36. The van der Waals surface area contributed by atoms with Crippen molar-refractivity contribution in [3.8, 4) is 0 Å². The van der Waals surface area contributed by atoms with Gasteiger partial charge in [-0.05, 0) is 48.3 Å². The first-order chi connectivity index (χ1) is 9.58. The Hall–Kier alpha value is -1.13. The van der Waals surface area contributed by atoms with E-state index < -0.39 is 8.32 Å². The number of aldehydes is 1. The van der Waals surface area contributed by atoms with Gasteiger partial charge in [-0.3, -0.25) is 4.79 Å². The Balaban J connectivity index is 2.81. The lowest BCUT2D eigenvalue weighted by Crippen LogP contribution is -2.41. The molecule has 0 spiro atoms. The Bertz CT molecular complexity index is 490. The van der Waals surface area contributed by atoms with Crippen molar-refractivity contribution in [3.05, 3.63) is 29.3 Å². The number of hydrogen-bond acceptors (Lipinski definition) is 3. The maximum atomic E-state index is 11.0. The fraction of sp³-hybridized carbons (Fsp3) is 0.588. The first kappa shape index (κ1) is 17.9. The second-order valence-electron chi connectivity index (χ2n) is 7.26. The van der Waals surface area contributed by atoms with Crippen LogP contribution in [0, 0.1) is 0 Å². The zero-order valence-electron chi connectivity index (χ0n) is 14.5. The van der Waals surface area contributed by atoms with Crippen molar-refractivity contribution in [3.63, 3.8) is 0 Å². The zero-order chi connectivity index (χ0) is 16.3. The molecular weight excluding hydrogens is 278 g/mol. The quantitative estimate of drug-likeness (QED) is 0.584. The predicted molar refractivity (Wildman–Crippen MR) is 93.0 cm³/mol. The van der Waals surface area contributed by atoms with Gasteiger partial charge in [0.25, 0.3) is 0 Å². The number of rotatable bonds is 6. The van der Waals surface area contributed by atoms with E-state index in [1.807, 2.05) is 32.3 Å². The van der Waals surface area contributed by atoms with Gasteiger partial charge in [0.15, 0.2) is 8.32 Å². The minimum absolute atomic E-state index is 0.224. The third-order valence-corrected chi connectivity index (χ3v) is 8.90. The van der Waals surface area contributed by atoms with Crippen LogP contribution in [0.5, 0.6) is 0 Å². The highest BCUT2D eigenvalue weighted by atomic mass is 28.4. The lowest BCUT2D eigenvalue weighted by atomic mass is 10.1. The summed E-state index contributed by atoms with van der Waals surface area (Å²) >= 11 is 0. The summed E-state index contributed by atoms with van der Waals surface area (Å²) in [5.74, 6) is 0. The van der Waals surface area contributed by atoms with E-state index in [2.05, 4.69) is 38.8 Å². The Morgan fingerprint density at radius 1 is 1.24 bits per heavy atom. The molecule has 0 aliphatic heterocycles. The molecule has 0 bridgehead atoms. The summed E-state index contributed by atoms with van der Waals surface area (Å²) in [6.45, 7) is 12.0. The zero-order valence-corrected chi connectivity index (χ0v) is 15.5. The summed E-state index contributed by atoms with van der Waals surface area (Å²) in [5.41, 5.74) is 3.05. The third kappa shape index (κ3) is 4.68. The summed E-state index contributed by atoms with van der Waals surface area (Å²) in [7, 11) is 2.34. The van der Waals surface area contributed by atoms with Gasteiger partial charge in [0.1, 0.15) is 6.29 Å². The number of benzene rings is 1. The number of carbonyl (C=O) groups excluding carboxylic acids is 1. The molecule has 0 amide bonds. The summed E-state index contributed by atoms with van der Waals surface area (Å²) in [5, 5.41) is 0.224. The number of carbonyl (C=O) groups is 1. The van der Waals surface area contributed by atoms with Gasteiger partial charge in [0, 0.05) is 32.0 Å². The maximum Gasteiger partial charge on any atom is 0.191 e. The minimum Gasteiger partial charge on any atom is -0.416 e. The standard InChI is InChI=1S/C17H29NO2Si/c1-17(2,3)21(6,7)20-11-10-15-12-14(13-19)8-9-16(15)18(4)5/h8-9,12-13H,10-11H2,1-7H3. The molecule has 0 unspecified atom stereocenters. The molecule has 4 heteroatoms. The summed E-state index contributed by atoms with van der Waals surface area (Å²) in [6, 6.07) is 5.84. The van der Waals surface area contributed by atoms with Crippen LogP contribution in [0.1, 0.15) is 36.7 Å². The number of hydrogen-bond donors (Lipinski definition) is 0. The average Bonchev–Trinajstić information content (AvgIpc) is 2.36. The molecular formula is C17H29NO2Si. The van der Waals surface area contributed by atoms with Gasteiger partial charge >= 0.3 is 0 Å². The van der Waals surface area contributed by atoms with Crippen molar-refractivity contribution in [2.45, 2.75) is 45.3 Å². The van der Waals surface area contributed by atoms with E-state index >= 15 is 0 Å². The van der Waals surface area contributed by atoms with Crippen LogP contribution in [0.2, 0.25) is 18.1 Å². The minimum atomic E-state index is -1.71. The molecule has 21 heavy (non-hydrogen) atoms. The van der Waals surface area contributed by atoms with Crippen LogP contribution < -0.4 is 4.90 Å². The van der Waals surface area contributed by atoms with E-state index in [1.165, 1.54) is 5.56 Å². The van der Waals surface area contributed by atoms with Crippen molar-refractivity contribution in [1.82, 2.24) is 0 Å². The van der Waals surface area contributed by atoms with Gasteiger partial charge in [-0.25, -0.2) is 0 Å². The van der Waals surface area contributed by atoms with Gasteiger partial charge in [0.2, 0.25) is 0 Å². The first-order valence-electron chi connectivity index (χ1n) is 7.48. The summed E-state index contributed by atoms with van der Waals surface area (Å²) in [4.78, 5) is 13.0. The lowest BCUT2D eigenvalue weighted by molar-refractivity contribution is 0.112. The Morgan fingerprint density at radius 3 is 2.33 bits per heavy atom. The van der Waals surface area contributed by atoms with Crippen molar-refractivity contribution < 1.29 is 9.22 Å². The Kier molecular flexibility index (Phi) is 5.76. The van der Waals surface area contributed by atoms with E-state index in [0.717, 1.165) is 24.0 Å². The molecule has 3 nitrogen and oxygen atoms in total. The molecule has 0 aromatic heterocycles. The molecule has 1 aromatic carbocycles. The number of anilines is 1. The maximum absolute atomic E-state index is 11.0. The molecule has 0 aliphatic carbocycles. The number of nitrogens with zero attached hydrogens (tertiary/aromatic N) is 1. The highest BCUT2D eigenvalue weighted by Gasteiger charge is 2.36. The van der Waals surface area contributed by atoms with E-state index in [4.69, 9.17) is 4.43 Å². The topological polar surface area (TPSA) is 29.5 Å². The van der Waals surface area contributed by atoms with Crippen molar-refractivity contribution in [1.29, 1.82) is 0 Å². The normalized spacial score (nSPS) is 12.3. The molecule has 0 N–H and O–H groups in total. The average molecular weight is 308 g/mol. The fourth-order valence-electron chi connectivity index (χ4n) is 1.95. The van der Waals surface area contributed by atoms with E-state index in [-0.39, 0.29) is 5.04 Å². The lowest BCUT2D eigenvalue weighted by Gasteiger charge is -2.36. The molecule has 0 fully saturated rings. The van der Waals surface area contributed by atoms with Crippen LogP contribution in [0.25, 0.3) is 0 Å². The van der Waals surface area contributed by atoms with Crippen LogP contribution in [-0.4, -0.2) is 35.3 Å². The fourth-order valence-corrected chi connectivity index (χ4v) is 2.99. The summed E-state index contributed by atoms with van der Waals surface area (Å²) < 4.78 is 6.24. The molecule has 118 valence electrons. The van der Waals surface area contributed by atoms with Crippen molar-refractivity contribution in [2.24, 2.45) is 0 Å². The van der Waals surface area contributed by atoms with Crippen molar-refractivity contribution in [2.75, 3.05) is 25.6 Å². The second-order valence-corrected chi connectivity index (χ2v) is 12.1. The van der Waals surface area contributed by atoms with Gasteiger partial charge in [-0.1, -0.05) is 20.8 Å². The molecule has 0 aliphatic rings. The molecule has 0 saturated carbocycles.